The van der Waals surface area contributed by atoms with Gasteiger partial charge >= 0.3 is 0 Å². The molecule has 0 radical (unpaired) electrons. The summed E-state index contributed by atoms with van der Waals surface area (Å²) in [5, 5.41) is 3.80. The molecule has 2 heterocycles. The summed E-state index contributed by atoms with van der Waals surface area (Å²) in [7, 11) is 0. The molecule has 3 aromatic rings. The van der Waals surface area contributed by atoms with E-state index in [0.717, 1.165) is 67.2 Å². The van der Waals surface area contributed by atoms with E-state index in [1.165, 1.54) is 19.1 Å². The number of benzene rings is 2. The fourth-order valence-electron chi connectivity index (χ4n) is 4.42. The number of fused-ring (bicyclic) bond motifs is 1. The van der Waals surface area contributed by atoms with Crippen molar-refractivity contribution in [2.24, 2.45) is 0 Å². The number of likely N-dealkylation sites (tertiary alicyclic amines) is 1. The molecule has 1 aliphatic heterocycles. The zero-order valence-electron chi connectivity index (χ0n) is 17.8. The van der Waals surface area contributed by atoms with Crippen LogP contribution in [0.25, 0.3) is 10.9 Å². The number of nitrogens with zero attached hydrogens (tertiary/aromatic N) is 2. The van der Waals surface area contributed by atoms with Crippen molar-refractivity contribution in [2.45, 2.75) is 38.8 Å². The van der Waals surface area contributed by atoms with Gasteiger partial charge in [0, 0.05) is 61.8 Å². The monoisotopic (exact) mass is 421 g/mol. The molecule has 0 aliphatic carbocycles. The van der Waals surface area contributed by atoms with Gasteiger partial charge in [0.25, 0.3) is 0 Å². The fourth-order valence-corrected chi connectivity index (χ4v) is 4.42. The number of carbonyl (C=O) groups is 2. The van der Waals surface area contributed by atoms with Crippen LogP contribution in [-0.2, 0) is 17.8 Å². The Morgan fingerprint density at radius 1 is 1.13 bits per heavy atom. The van der Waals surface area contributed by atoms with Crippen LogP contribution in [0.5, 0.6) is 0 Å². The minimum Gasteiger partial charge on any atom is -0.352 e. The van der Waals surface area contributed by atoms with Gasteiger partial charge in [0.05, 0.1) is 0 Å². The second-order valence-electron chi connectivity index (χ2n) is 8.32. The third-order valence-electron chi connectivity index (χ3n) is 6.18. The molecular formula is C25H28FN3O2. The molecule has 1 amide bonds. The number of rotatable bonds is 7. The van der Waals surface area contributed by atoms with Crippen LogP contribution in [0.1, 0.15) is 47.3 Å². The van der Waals surface area contributed by atoms with Crippen molar-refractivity contribution in [1.82, 2.24) is 14.8 Å². The Bertz CT molecular complexity index is 1070. The van der Waals surface area contributed by atoms with E-state index in [9.17, 15) is 14.0 Å². The van der Waals surface area contributed by atoms with Gasteiger partial charge in [0.2, 0.25) is 5.91 Å². The molecular weight excluding hydrogens is 393 g/mol. The highest BCUT2D eigenvalue weighted by Gasteiger charge is 2.22. The van der Waals surface area contributed by atoms with E-state index < -0.39 is 0 Å². The van der Waals surface area contributed by atoms with Gasteiger partial charge in [0.15, 0.2) is 6.29 Å². The van der Waals surface area contributed by atoms with Crippen molar-refractivity contribution in [2.75, 3.05) is 19.6 Å². The quantitative estimate of drug-likeness (QED) is 0.584. The molecule has 2 aromatic carbocycles. The first kappa shape index (κ1) is 21.2. The lowest BCUT2D eigenvalue weighted by atomic mass is 10.0. The van der Waals surface area contributed by atoms with Crippen LogP contribution in [0, 0.1) is 5.82 Å². The smallest absolute Gasteiger partial charge is 0.217 e. The van der Waals surface area contributed by atoms with Crippen molar-refractivity contribution in [3.63, 3.8) is 0 Å². The molecule has 0 atom stereocenters. The van der Waals surface area contributed by atoms with Gasteiger partial charge in [-0.1, -0.05) is 24.3 Å². The van der Waals surface area contributed by atoms with Crippen molar-refractivity contribution < 1.29 is 14.0 Å². The molecule has 0 saturated carbocycles. The molecule has 1 aromatic heterocycles. The zero-order chi connectivity index (χ0) is 21.8. The van der Waals surface area contributed by atoms with Crippen LogP contribution in [-0.4, -0.2) is 41.3 Å². The highest BCUT2D eigenvalue weighted by molar-refractivity contribution is 5.98. The lowest BCUT2D eigenvalue weighted by Gasteiger charge is -2.33. The van der Waals surface area contributed by atoms with Crippen LogP contribution in [0.4, 0.5) is 4.39 Å². The predicted molar refractivity (Wildman–Crippen MR) is 120 cm³/mol. The van der Waals surface area contributed by atoms with Crippen molar-refractivity contribution in [1.29, 1.82) is 0 Å². The van der Waals surface area contributed by atoms with Crippen LogP contribution in [0.3, 0.4) is 0 Å². The lowest BCUT2D eigenvalue weighted by Crippen LogP contribution is -2.35. The van der Waals surface area contributed by atoms with Gasteiger partial charge in [-0.2, -0.15) is 0 Å². The third kappa shape index (κ3) is 5.02. The number of piperidine rings is 1. The molecule has 162 valence electrons. The summed E-state index contributed by atoms with van der Waals surface area (Å²) in [5.74, 6) is -0.254. The van der Waals surface area contributed by atoms with Gasteiger partial charge in [-0.15, -0.1) is 0 Å². The molecule has 0 bridgehead atoms. The molecule has 5 nitrogen and oxygen atoms in total. The first-order valence-corrected chi connectivity index (χ1v) is 10.8. The number of amides is 1. The second kappa shape index (κ2) is 9.43. The van der Waals surface area contributed by atoms with Crippen LogP contribution >= 0.6 is 0 Å². The number of nitrogens with one attached hydrogen (secondary N) is 1. The third-order valence-corrected chi connectivity index (χ3v) is 6.18. The van der Waals surface area contributed by atoms with Gasteiger partial charge in [-0.25, -0.2) is 4.39 Å². The molecule has 0 spiro atoms. The number of hydrogen-bond acceptors (Lipinski definition) is 3. The summed E-state index contributed by atoms with van der Waals surface area (Å²) >= 11 is 0. The van der Waals surface area contributed by atoms with Gasteiger partial charge in [-0.3, -0.25) is 9.59 Å². The Balaban J connectivity index is 1.43. The molecule has 1 fully saturated rings. The largest absolute Gasteiger partial charge is 0.352 e. The van der Waals surface area contributed by atoms with E-state index in [4.69, 9.17) is 0 Å². The second-order valence-corrected chi connectivity index (χ2v) is 8.32. The van der Waals surface area contributed by atoms with Gasteiger partial charge in [0.1, 0.15) is 5.82 Å². The first-order chi connectivity index (χ1) is 15.0. The van der Waals surface area contributed by atoms with E-state index in [2.05, 4.69) is 20.9 Å². The van der Waals surface area contributed by atoms with E-state index in [1.54, 1.807) is 0 Å². The van der Waals surface area contributed by atoms with E-state index in [-0.39, 0.29) is 11.7 Å². The average molecular weight is 422 g/mol. The Hall–Kier alpha value is -2.99. The number of hydrogen-bond donors (Lipinski definition) is 1. The van der Waals surface area contributed by atoms with Gasteiger partial charge in [-0.05, 0) is 48.6 Å². The van der Waals surface area contributed by atoms with Crippen LogP contribution < -0.4 is 5.32 Å². The molecule has 0 unspecified atom stereocenters. The number of halogens is 1. The topological polar surface area (TPSA) is 54.3 Å². The number of aldehydes is 1. The SMILES string of the molecule is CC(=O)NCc1ccc2c(C=O)cn(C3CCN(CCc4ccc(F)cc4)CC3)c2c1. The lowest BCUT2D eigenvalue weighted by molar-refractivity contribution is -0.119. The molecule has 6 heteroatoms. The Labute approximate surface area is 181 Å². The van der Waals surface area contributed by atoms with E-state index in [0.29, 0.717) is 18.2 Å². The zero-order valence-corrected chi connectivity index (χ0v) is 17.8. The summed E-state index contributed by atoms with van der Waals surface area (Å²) in [6.45, 7) is 4.94. The van der Waals surface area contributed by atoms with Crippen molar-refractivity contribution >= 4 is 23.1 Å². The van der Waals surface area contributed by atoms with Crippen molar-refractivity contribution in [3.8, 4) is 0 Å². The average Bonchev–Trinajstić information content (AvgIpc) is 3.15. The highest BCUT2D eigenvalue weighted by atomic mass is 19.1. The minimum atomic E-state index is -0.196. The van der Waals surface area contributed by atoms with E-state index in [1.807, 2.05) is 30.5 Å². The molecule has 4 rings (SSSR count). The summed E-state index contributed by atoms with van der Waals surface area (Å²) < 4.78 is 15.3. The van der Waals surface area contributed by atoms with E-state index >= 15 is 0 Å². The van der Waals surface area contributed by atoms with Gasteiger partial charge < -0.3 is 14.8 Å². The normalized spacial score (nSPS) is 15.3. The van der Waals surface area contributed by atoms with Crippen LogP contribution in [0.15, 0.2) is 48.7 Å². The first-order valence-electron chi connectivity index (χ1n) is 10.8. The van der Waals surface area contributed by atoms with Crippen molar-refractivity contribution in [3.05, 3.63) is 71.2 Å². The number of aromatic nitrogens is 1. The van der Waals surface area contributed by atoms with Crippen LogP contribution in [0.2, 0.25) is 0 Å². The minimum absolute atomic E-state index is 0.0583. The maximum atomic E-state index is 13.1. The summed E-state index contributed by atoms with van der Waals surface area (Å²) in [6.07, 6.45) is 5.84. The molecule has 1 N–H and O–H groups in total. The molecule has 1 aliphatic rings. The molecule has 31 heavy (non-hydrogen) atoms. The Morgan fingerprint density at radius 2 is 1.84 bits per heavy atom. The standard InChI is InChI=1S/C25H28FN3O2/c1-18(31)27-15-20-4-7-24-21(17-30)16-29(25(24)14-20)23-9-12-28(13-10-23)11-8-19-2-5-22(26)6-3-19/h2-7,14,16-17,23H,8-13,15H2,1H3,(H,27,31). The predicted octanol–water partition coefficient (Wildman–Crippen LogP) is 4.11. The summed E-state index contributed by atoms with van der Waals surface area (Å²) in [5.41, 5.74) is 3.94. The molecule has 1 saturated heterocycles. The number of carbonyl (C=O) groups excluding carboxylic acids is 2. The summed E-state index contributed by atoms with van der Waals surface area (Å²) in [6, 6.07) is 13.1. The Kier molecular flexibility index (Phi) is 6.47. The fraction of sp³-hybridized carbons (Fsp3) is 0.360. The highest BCUT2D eigenvalue weighted by Crippen LogP contribution is 2.30. The summed E-state index contributed by atoms with van der Waals surface area (Å²) in [4.78, 5) is 25.3. The maximum absolute atomic E-state index is 13.1. The maximum Gasteiger partial charge on any atom is 0.217 e. The Morgan fingerprint density at radius 3 is 2.52 bits per heavy atom.